The zero-order chi connectivity index (χ0) is 17.0. The first-order chi connectivity index (χ1) is 10.9. The standard InChI is InChI=1S/C17H21BrN2O3/c1-3-4-10(2)16(21)20-15(17(22)23)7-11-9-19-14-6-5-12(18)8-13(11)14/h5-6,8-10,15,19H,3-4,7H2,1-2H3,(H,20,21)(H,22,23). The molecule has 0 bridgehead atoms. The first kappa shape index (κ1) is 17.5. The molecule has 2 aromatic rings. The summed E-state index contributed by atoms with van der Waals surface area (Å²) >= 11 is 3.42. The number of hydrogen-bond donors (Lipinski definition) is 3. The number of amides is 1. The van der Waals surface area contributed by atoms with Gasteiger partial charge in [-0.05, 0) is 30.2 Å². The number of aromatic nitrogens is 1. The molecule has 5 nitrogen and oxygen atoms in total. The normalized spacial score (nSPS) is 13.7. The van der Waals surface area contributed by atoms with Gasteiger partial charge in [0.25, 0.3) is 0 Å². The number of carboxylic acids is 1. The molecule has 0 aliphatic rings. The predicted molar refractivity (Wildman–Crippen MR) is 93.3 cm³/mol. The highest BCUT2D eigenvalue weighted by molar-refractivity contribution is 9.10. The van der Waals surface area contributed by atoms with Crippen LogP contribution in [0.5, 0.6) is 0 Å². The van der Waals surface area contributed by atoms with E-state index in [1.807, 2.05) is 32.0 Å². The van der Waals surface area contributed by atoms with Gasteiger partial charge in [0.2, 0.25) is 5.91 Å². The highest BCUT2D eigenvalue weighted by Crippen LogP contribution is 2.23. The molecule has 1 aromatic carbocycles. The van der Waals surface area contributed by atoms with E-state index >= 15 is 0 Å². The molecule has 0 aliphatic heterocycles. The second-order valence-electron chi connectivity index (χ2n) is 5.80. The lowest BCUT2D eigenvalue weighted by Crippen LogP contribution is -2.44. The van der Waals surface area contributed by atoms with Gasteiger partial charge in [-0.15, -0.1) is 0 Å². The maximum atomic E-state index is 12.1. The average molecular weight is 381 g/mol. The highest BCUT2D eigenvalue weighted by Gasteiger charge is 2.24. The Hall–Kier alpha value is -1.82. The Bertz CT molecular complexity index is 711. The molecule has 0 radical (unpaired) electrons. The first-order valence-corrected chi connectivity index (χ1v) is 8.50. The largest absolute Gasteiger partial charge is 0.480 e. The maximum absolute atomic E-state index is 12.1. The van der Waals surface area contributed by atoms with Crippen molar-refractivity contribution < 1.29 is 14.7 Å². The first-order valence-electron chi connectivity index (χ1n) is 7.71. The Morgan fingerprint density at radius 1 is 1.39 bits per heavy atom. The zero-order valence-corrected chi connectivity index (χ0v) is 14.8. The lowest BCUT2D eigenvalue weighted by atomic mass is 10.0. The topological polar surface area (TPSA) is 82.2 Å². The molecule has 1 heterocycles. The number of aromatic amines is 1. The van der Waals surface area contributed by atoms with Crippen LogP contribution in [0.25, 0.3) is 10.9 Å². The molecule has 0 aliphatic carbocycles. The Balaban J connectivity index is 2.17. The number of aliphatic carboxylic acids is 1. The van der Waals surface area contributed by atoms with Crippen molar-refractivity contribution in [3.05, 3.63) is 34.4 Å². The summed E-state index contributed by atoms with van der Waals surface area (Å²) in [5.74, 6) is -1.41. The fraction of sp³-hybridized carbons (Fsp3) is 0.412. The smallest absolute Gasteiger partial charge is 0.326 e. The predicted octanol–water partition coefficient (Wildman–Crippen LogP) is 3.48. The van der Waals surface area contributed by atoms with Gasteiger partial charge in [0.1, 0.15) is 6.04 Å². The molecule has 6 heteroatoms. The summed E-state index contributed by atoms with van der Waals surface area (Å²) in [6.45, 7) is 3.82. The number of benzene rings is 1. The lowest BCUT2D eigenvalue weighted by molar-refractivity contribution is -0.142. The summed E-state index contributed by atoms with van der Waals surface area (Å²) in [5, 5.41) is 13.0. The van der Waals surface area contributed by atoms with E-state index in [1.54, 1.807) is 6.20 Å². The fourth-order valence-corrected chi connectivity index (χ4v) is 2.98. The minimum absolute atomic E-state index is 0.182. The van der Waals surface area contributed by atoms with E-state index in [4.69, 9.17) is 0 Å². The number of H-pyrrole nitrogens is 1. The number of hydrogen-bond acceptors (Lipinski definition) is 2. The van der Waals surface area contributed by atoms with Gasteiger partial charge in [-0.25, -0.2) is 4.79 Å². The summed E-state index contributed by atoms with van der Waals surface area (Å²) in [6, 6.07) is 4.87. The third-order valence-electron chi connectivity index (χ3n) is 3.94. The molecule has 2 rings (SSSR count). The number of carbonyl (C=O) groups excluding carboxylic acids is 1. The summed E-state index contributed by atoms with van der Waals surface area (Å²) in [4.78, 5) is 26.7. The van der Waals surface area contributed by atoms with Crippen molar-refractivity contribution in [1.29, 1.82) is 0 Å². The van der Waals surface area contributed by atoms with Crippen LogP contribution in [0.3, 0.4) is 0 Å². The Morgan fingerprint density at radius 3 is 2.78 bits per heavy atom. The van der Waals surface area contributed by atoms with Crippen LogP contribution in [-0.4, -0.2) is 28.0 Å². The molecule has 1 amide bonds. The van der Waals surface area contributed by atoms with Crippen LogP contribution in [0.2, 0.25) is 0 Å². The molecule has 124 valence electrons. The number of rotatable bonds is 7. The summed E-state index contributed by atoms with van der Waals surface area (Å²) in [6.07, 6.45) is 3.69. The van der Waals surface area contributed by atoms with E-state index in [2.05, 4.69) is 26.2 Å². The molecule has 1 aromatic heterocycles. The molecule has 2 unspecified atom stereocenters. The number of fused-ring (bicyclic) bond motifs is 1. The third-order valence-corrected chi connectivity index (χ3v) is 4.43. The van der Waals surface area contributed by atoms with Gasteiger partial charge in [-0.1, -0.05) is 36.2 Å². The molecule has 23 heavy (non-hydrogen) atoms. The van der Waals surface area contributed by atoms with E-state index in [0.29, 0.717) is 0 Å². The van der Waals surface area contributed by atoms with Crippen LogP contribution in [0.1, 0.15) is 32.3 Å². The zero-order valence-electron chi connectivity index (χ0n) is 13.2. The Morgan fingerprint density at radius 2 is 2.13 bits per heavy atom. The fourth-order valence-electron chi connectivity index (χ4n) is 2.62. The van der Waals surface area contributed by atoms with Gasteiger partial charge in [0, 0.05) is 33.9 Å². The van der Waals surface area contributed by atoms with Crippen molar-refractivity contribution in [3.63, 3.8) is 0 Å². The van der Waals surface area contributed by atoms with Crippen LogP contribution in [-0.2, 0) is 16.0 Å². The molecule has 0 saturated carbocycles. The van der Waals surface area contributed by atoms with Gasteiger partial charge in [-0.3, -0.25) is 4.79 Å². The van der Waals surface area contributed by atoms with Crippen molar-refractivity contribution in [2.45, 2.75) is 39.2 Å². The second-order valence-corrected chi connectivity index (χ2v) is 6.71. The Labute approximate surface area is 143 Å². The van der Waals surface area contributed by atoms with E-state index in [0.717, 1.165) is 33.8 Å². The van der Waals surface area contributed by atoms with Gasteiger partial charge in [-0.2, -0.15) is 0 Å². The summed E-state index contributed by atoms with van der Waals surface area (Å²) < 4.78 is 0.929. The lowest BCUT2D eigenvalue weighted by Gasteiger charge is -2.17. The monoisotopic (exact) mass is 380 g/mol. The van der Waals surface area contributed by atoms with Gasteiger partial charge < -0.3 is 15.4 Å². The average Bonchev–Trinajstić information content (AvgIpc) is 2.88. The van der Waals surface area contributed by atoms with Crippen LogP contribution in [0, 0.1) is 5.92 Å². The number of carboxylic acid groups (broad SMARTS) is 1. The summed E-state index contributed by atoms with van der Waals surface area (Å²) in [5.41, 5.74) is 1.81. The molecule has 2 atom stereocenters. The van der Waals surface area contributed by atoms with Crippen LogP contribution in [0.4, 0.5) is 0 Å². The molecule has 0 spiro atoms. The van der Waals surface area contributed by atoms with Gasteiger partial charge >= 0.3 is 5.97 Å². The minimum atomic E-state index is -1.02. The van der Waals surface area contributed by atoms with Gasteiger partial charge in [0.05, 0.1) is 0 Å². The van der Waals surface area contributed by atoms with Crippen molar-refractivity contribution in [2.75, 3.05) is 0 Å². The summed E-state index contributed by atoms with van der Waals surface area (Å²) in [7, 11) is 0. The third kappa shape index (κ3) is 4.34. The molecule has 0 saturated heterocycles. The van der Waals surface area contributed by atoms with Crippen molar-refractivity contribution in [1.82, 2.24) is 10.3 Å². The van der Waals surface area contributed by atoms with Crippen molar-refractivity contribution in [2.24, 2.45) is 5.92 Å². The molecular formula is C17H21BrN2O3. The maximum Gasteiger partial charge on any atom is 0.326 e. The molecule has 0 fully saturated rings. The molecular weight excluding hydrogens is 360 g/mol. The number of halogens is 1. The number of nitrogens with one attached hydrogen (secondary N) is 2. The van der Waals surface area contributed by atoms with E-state index < -0.39 is 12.0 Å². The minimum Gasteiger partial charge on any atom is -0.480 e. The van der Waals surface area contributed by atoms with E-state index in [9.17, 15) is 14.7 Å². The quantitative estimate of drug-likeness (QED) is 0.687. The second kappa shape index (κ2) is 7.64. The van der Waals surface area contributed by atoms with Crippen LogP contribution in [0.15, 0.2) is 28.9 Å². The Kier molecular flexibility index (Phi) is 5.82. The highest BCUT2D eigenvalue weighted by atomic mass is 79.9. The van der Waals surface area contributed by atoms with Crippen molar-refractivity contribution in [3.8, 4) is 0 Å². The van der Waals surface area contributed by atoms with Crippen LogP contribution >= 0.6 is 15.9 Å². The number of carbonyl (C=O) groups is 2. The van der Waals surface area contributed by atoms with Crippen LogP contribution < -0.4 is 5.32 Å². The van der Waals surface area contributed by atoms with E-state index in [1.165, 1.54) is 0 Å². The molecule has 3 N–H and O–H groups in total. The van der Waals surface area contributed by atoms with Crippen molar-refractivity contribution >= 4 is 38.7 Å². The van der Waals surface area contributed by atoms with E-state index in [-0.39, 0.29) is 18.2 Å². The SMILES string of the molecule is CCCC(C)C(=O)NC(Cc1c[nH]c2ccc(Br)cc12)C(=O)O. The van der Waals surface area contributed by atoms with Gasteiger partial charge in [0.15, 0.2) is 0 Å².